The highest BCUT2D eigenvalue weighted by Crippen LogP contribution is 2.38. The lowest BCUT2D eigenvalue weighted by atomic mass is 9.82. The van der Waals surface area contributed by atoms with Gasteiger partial charge in [-0.3, -0.25) is 0 Å². The van der Waals surface area contributed by atoms with Crippen LogP contribution in [0.3, 0.4) is 0 Å². The van der Waals surface area contributed by atoms with E-state index in [1.54, 1.807) is 0 Å². The molecule has 1 atom stereocenters. The third-order valence-electron chi connectivity index (χ3n) is 2.56. The Morgan fingerprint density at radius 3 is 2.33 bits per heavy atom. The van der Waals surface area contributed by atoms with Crippen molar-refractivity contribution in [1.82, 2.24) is 0 Å². The van der Waals surface area contributed by atoms with Crippen molar-refractivity contribution in [2.45, 2.75) is 33.7 Å². The molecule has 1 aromatic carbocycles. The van der Waals surface area contributed by atoms with Crippen molar-refractivity contribution in [2.75, 3.05) is 0 Å². The lowest BCUT2D eigenvalue weighted by molar-refractivity contribution is 0.317. The van der Waals surface area contributed by atoms with Crippen molar-refractivity contribution in [3.8, 4) is 5.75 Å². The van der Waals surface area contributed by atoms with E-state index in [1.165, 1.54) is 0 Å². The minimum absolute atomic E-state index is 0.0648. The fourth-order valence-corrected chi connectivity index (χ4v) is 2.06. The summed E-state index contributed by atoms with van der Waals surface area (Å²) < 4.78 is 0.951. The van der Waals surface area contributed by atoms with Crippen molar-refractivity contribution in [3.05, 3.63) is 27.7 Å². The summed E-state index contributed by atoms with van der Waals surface area (Å²) in [5.41, 5.74) is 7.71. The van der Waals surface area contributed by atoms with Gasteiger partial charge in [-0.2, -0.15) is 0 Å². The number of halogens is 1. The largest absolute Gasteiger partial charge is 0.507 e. The quantitative estimate of drug-likeness (QED) is 0.821. The van der Waals surface area contributed by atoms with Crippen molar-refractivity contribution in [3.63, 3.8) is 0 Å². The highest BCUT2D eigenvalue weighted by Gasteiger charge is 2.25. The Balaban J connectivity index is 3.25. The predicted octanol–water partition coefficient (Wildman–Crippen LogP) is 3.51. The Morgan fingerprint density at radius 1 is 1.33 bits per heavy atom. The van der Waals surface area contributed by atoms with E-state index in [9.17, 15) is 5.11 Å². The summed E-state index contributed by atoms with van der Waals surface area (Å²) in [6, 6.07) is 3.60. The highest BCUT2D eigenvalue weighted by molar-refractivity contribution is 9.10. The summed E-state index contributed by atoms with van der Waals surface area (Å²) in [4.78, 5) is 0. The third-order valence-corrected chi connectivity index (χ3v) is 3.02. The summed E-state index contributed by atoms with van der Waals surface area (Å²) in [7, 11) is 0. The molecular formula is C12H18BrNO. The Hall–Kier alpha value is -0.540. The molecule has 84 valence electrons. The molecule has 0 saturated carbocycles. The van der Waals surface area contributed by atoms with Gasteiger partial charge in [0.05, 0.1) is 0 Å². The molecule has 1 aromatic rings. The smallest absolute Gasteiger partial charge is 0.123 e. The molecule has 0 bridgehead atoms. The van der Waals surface area contributed by atoms with Gasteiger partial charge in [0.1, 0.15) is 5.75 Å². The zero-order valence-corrected chi connectivity index (χ0v) is 11.2. The first kappa shape index (κ1) is 12.5. The summed E-state index contributed by atoms with van der Waals surface area (Å²) in [5.74, 6) is 0.306. The summed E-state index contributed by atoms with van der Waals surface area (Å²) in [5, 5.41) is 9.95. The van der Waals surface area contributed by atoms with Crippen LogP contribution in [-0.2, 0) is 0 Å². The number of phenolic OH excluding ortho intramolecular Hbond substituents is 1. The normalized spacial score (nSPS) is 14.0. The van der Waals surface area contributed by atoms with Crippen LogP contribution < -0.4 is 5.73 Å². The maximum atomic E-state index is 9.95. The first-order valence-corrected chi connectivity index (χ1v) is 5.77. The van der Waals surface area contributed by atoms with Crippen LogP contribution in [0.15, 0.2) is 16.6 Å². The molecule has 0 amide bonds. The molecule has 0 aliphatic rings. The third kappa shape index (κ3) is 2.73. The number of rotatable bonds is 1. The molecular weight excluding hydrogens is 254 g/mol. The average Bonchev–Trinajstić information content (AvgIpc) is 2.08. The molecule has 0 spiro atoms. The van der Waals surface area contributed by atoms with Crippen LogP contribution in [0.1, 0.15) is 37.9 Å². The van der Waals surface area contributed by atoms with Gasteiger partial charge in [0.2, 0.25) is 0 Å². The van der Waals surface area contributed by atoms with E-state index in [0.29, 0.717) is 5.75 Å². The van der Waals surface area contributed by atoms with Crippen LogP contribution in [0.5, 0.6) is 5.75 Å². The second-order valence-electron chi connectivity index (χ2n) is 5.00. The van der Waals surface area contributed by atoms with Crippen LogP contribution in [0.25, 0.3) is 0 Å². The Kier molecular flexibility index (Phi) is 3.46. The minimum Gasteiger partial charge on any atom is -0.507 e. The molecule has 0 saturated heterocycles. The van der Waals surface area contributed by atoms with E-state index in [4.69, 9.17) is 5.73 Å². The SMILES string of the molecule is Cc1cc(Br)cc([C@H](N)C(C)(C)C)c1O. The van der Waals surface area contributed by atoms with E-state index in [-0.39, 0.29) is 11.5 Å². The minimum atomic E-state index is -0.173. The molecule has 0 aliphatic carbocycles. The molecule has 0 unspecified atom stereocenters. The van der Waals surface area contributed by atoms with Crippen LogP contribution in [0.2, 0.25) is 0 Å². The molecule has 3 N–H and O–H groups in total. The summed E-state index contributed by atoms with van der Waals surface area (Å²) >= 11 is 3.42. The lowest BCUT2D eigenvalue weighted by Gasteiger charge is -2.28. The van der Waals surface area contributed by atoms with Gasteiger partial charge in [0.15, 0.2) is 0 Å². The average molecular weight is 272 g/mol. The molecule has 0 aliphatic heterocycles. The summed E-state index contributed by atoms with van der Waals surface area (Å²) in [6.07, 6.45) is 0. The molecule has 2 nitrogen and oxygen atoms in total. The van der Waals surface area contributed by atoms with Crippen LogP contribution in [0, 0.1) is 12.3 Å². The van der Waals surface area contributed by atoms with Gasteiger partial charge >= 0.3 is 0 Å². The summed E-state index contributed by atoms with van der Waals surface area (Å²) in [6.45, 7) is 8.06. The Labute approximate surface area is 99.6 Å². The first-order valence-electron chi connectivity index (χ1n) is 4.98. The van der Waals surface area contributed by atoms with E-state index < -0.39 is 0 Å². The fraction of sp³-hybridized carbons (Fsp3) is 0.500. The maximum absolute atomic E-state index is 9.95. The molecule has 0 aromatic heterocycles. The number of aryl methyl sites for hydroxylation is 1. The highest BCUT2D eigenvalue weighted by atomic mass is 79.9. The monoisotopic (exact) mass is 271 g/mol. The zero-order valence-electron chi connectivity index (χ0n) is 9.63. The second kappa shape index (κ2) is 4.14. The molecule has 0 heterocycles. The van der Waals surface area contributed by atoms with Crippen LogP contribution >= 0.6 is 15.9 Å². The zero-order chi connectivity index (χ0) is 11.8. The number of phenols is 1. The van der Waals surface area contributed by atoms with Gasteiger partial charge in [0, 0.05) is 16.1 Å². The van der Waals surface area contributed by atoms with Gasteiger partial charge < -0.3 is 10.8 Å². The van der Waals surface area contributed by atoms with Gasteiger partial charge in [-0.1, -0.05) is 36.7 Å². The topological polar surface area (TPSA) is 46.2 Å². The van der Waals surface area contributed by atoms with Gasteiger partial charge in [-0.15, -0.1) is 0 Å². The second-order valence-corrected chi connectivity index (χ2v) is 5.92. The molecule has 3 heteroatoms. The molecule has 0 fully saturated rings. The number of hydrogen-bond donors (Lipinski definition) is 2. The fourth-order valence-electron chi connectivity index (χ4n) is 1.47. The van der Waals surface area contributed by atoms with Crippen molar-refractivity contribution in [1.29, 1.82) is 0 Å². The number of hydrogen-bond acceptors (Lipinski definition) is 2. The Morgan fingerprint density at radius 2 is 1.87 bits per heavy atom. The predicted molar refractivity (Wildman–Crippen MR) is 66.9 cm³/mol. The van der Waals surface area contributed by atoms with Gasteiger partial charge in [-0.25, -0.2) is 0 Å². The number of aromatic hydroxyl groups is 1. The van der Waals surface area contributed by atoms with Crippen molar-refractivity contribution < 1.29 is 5.11 Å². The lowest BCUT2D eigenvalue weighted by Crippen LogP contribution is -2.26. The molecule has 15 heavy (non-hydrogen) atoms. The number of benzene rings is 1. The maximum Gasteiger partial charge on any atom is 0.123 e. The molecule has 0 radical (unpaired) electrons. The van der Waals surface area contributed by atoms with Crippen LogP contribution in [-0.4, -0.2) is 5.11 Å². The van der Waals surface area contributed by atoms with Crippen molar-refractivity contribution in [2.24, 2.45) is 11.1 Å². The number of nitrogens with two attached hydrogens (primary N) is 1. The molecule has 1 rings (SSSR count). The van der Waals surface area contributed by atoms with E-state index in [0.717, 1.165) is 15.6 Å². The van der Waals surface area contributed by atoms with Crippen LogP contribution in [0.4, 0.5) is 0 Å². The van der Waals surface area contributed by atoms with E-state index in [1.807, 2.05) is 19.1 Å². The standard InChI is InChI=1S/C12H18BrNO/c1-7-5-8(13)6-9(10(7)15)11(14)12(2,3)4/h5-6,11,15H,14H2,1-4H3/t11-/m0/s1. The Bertz CT molecular complexity index is 369. The van der Waals surface area contributed by atoms with E-state index >= 15 is 0 Å². The first-order chi connectivity index (χ1) is 6.73. The van der Waals surface area contributed by atoms with E-state index in [2.05, 4.69) is 36.7 Å². The van der Waals surface area contributed by atoms with Gasteiger partial charge in [0.25, 0.3) is 0 Å². The van der Waals surface area contributed by atoms with Crippen molar-refractivity contribution >= 4 is 15.9 Å². The van der Waals surface area contributed by atoms with Gasteiger partial charge in [-0.05, 0) is 30.0 Å².